The lowest BCUT2D eigenvalue weighted by atomic mass is 10.00. The number of hydrogen-bond donors (Lipinski definition) is 0. The minimum atomic E-state index is -4.48. The van der Waals surface area contributed by atoms with Crippen molar-refractivity contribution in [3.63, 3.8) is 0 Å². The third kappa shape index (κ3) is 5.51. The lowest BCUT2D eigenvalue weighted by Crippen LogP contribution is -2.54. The number of alkyl halides is 3. The van der Waals surface area contributed by atoms with Crippen LogP contribution in [0.3, 0.4) is 0 Å². The molecule has 1 fully saturated rings. The molecule has 2 atom stereocenters. The molecule has 1 aromatic carbocycles. The van der Waals surface area contributed by atoms with Crippen LogP contribution in [0.15, 0.2) is 24.3 Å². The molecule has 1 heterocycles. The monoisotopic (exact) mass is 429 g/mol. The number of benzene rings is 1. The average Bonchev–Trinajstić information content (AvgIpc) is 2.75. The lowest BCUT2D eigenvalue weighted by molar-refractivity contribution is -0.148. The van der Waals surface area contributed by atoms with E-state index in [0.717, 1.165) is 12.1 Å². The van der Waals surface area contributed by atoms with Crippen molar-refractivity contribution in [3.8, 4) is 0 Å². The van der Waals surface area contributed by atoms with E-state index in [1.165, 1.54) is 13.2 Å². The SMILES string of the molecule is CCN(CC)C(C(=O)N1CCN(C(=O)C(C)OC)CC1)c1cccc(C(F)(F)F)c1. The Labute approximate surface area is 175 Å². The number of halogens is 3. The smallest absolute Gasteiger partial charge is 0.372 e. The molecule has 0 aromatic heterocycles. The summed E-state index contributed by atoms with van der Waals surface area (Å²) in [5.74, 6) is -0.382. The van der Waals surface area contributed by atoms with Crippen LogP contribution in [0.5, 0.6) is 0 Å². The molecular weight excluding hydrogens is 399 g/mol. The van der Waals surface area contributed by atoms with Crippen LogP contribution < -0.4 is 0 Å². The molecule has 6 nitrogen and oxygen atoms in total. The summed E-state index contributed by atoms with van der Waals surface area (Å²) in [6.45, 7) is 7.86. The molecule has 2 amide bonds. The van der Waals surface area contributed by atoms with Crippen LogP contribution in [0.4, 0.5) is 13.2 Å². The number of methoxy groups -OCH3 is 1. The van der Waals surface area contributed by atoms with Crippen molar-refractivity contribution in [2.24, 2.45) is 0 Å². The summed E-state index contributed by atoms with van der Waals surface area (Å²) in [7, 11) is 1.46. The van der Waals surface area contributed by atoms with E-state index in [2.05, 4.69) is 0 Å². The van der Waals surface area contributed by atoms with E-state index >= 15 is 0 Å². The van der Waals surface area contributed by atoms with Crippen LogP contribution in [0.1, 0.15) is 37.9 Å². The summed E-state index contributed by atoms with van der Waals surface area (Å²) in [4.78, 5) is 30.8. The molecule has 0 spiro atoms. The van der Waals surface area contributed by atoms with Crippen molar-refractivity contribution in [2.45, 2.75) is 39.1 Å². The summed E-state index contributed by atoms with van der Waals surface area (Å²) >= 11 is 0. The number of rotatable bonds is 7. The standard InChI is InChI=1S/C21H30F3N3O3/c1-5-25(6-2)18(16-8-7-9-17(14-16)21(22,23)24)20(29)27-12-10-26(11-13-27)19(28)15(3)30-4/h7-9,14-15,18H,5-6,10-13H2,1-4H3. The van der Waals surface area contributed by atoms with E-state index in [-0.39, 0.29) is 11.8 Å². The van der Waals surface area contributed by atoms with Crippen molar-refractivity contribution in [2.75, 3.05) is 46.4 Å². The Balaban J connectivity index is 2.23. The zero-order valence-electron chi connectivity index (χ0n) is 17.9. The van der Waals surface area contributed by atoms with Gasteiger partial charge in [0.2, 0.25) is 5.91 Å². The fourth-order valence-electron chi connectivity index (χ4n) is 3.66. The number of carbonyl (C=O) groups is 2. The van der Waals surface area contributed by atoms with Crippen LogP contribution in [0.25, 0.3) is 0 Å². The lowest BCUT2D eigenvalue weighted by Gasteiger charge is -2.39. The van der Waals surface area contributed by atoms with Gasteiger partial charge in [0, 0.05) is 33.3 Å². The van der Waals surface area contributed by atoms with Gasteiger partial charge in [-0.15, -0.1) is 0 Å². The first kappa shape index (κ1) is 24.1. The molecule has 30 heavy (non-hydrogen) atoms. The fraction of sp³-hybridized carbons (Fsp3) is 0.619. The fourth-order valence-corrected chi connectivity index (χ4v) is 3.66. The first-order chi connectivity index (χ1) is 14.1. The van der Waals surface area contributed by atoms with Gasteiger partial charge in [0.15, 0.2) is 0 Å². The van der Waals surface area contributed by atoms with Crippen LogP contribution in [0.2, 0.25) is 0 Å². The second-order valence-electron chi connectivity index (χ2n) is 7.28. The Morgan fingerprint density at radius 2 is 1.60 bits per heavy atom. The number of ether oxygens (including phenoxy) is 1. The Kier molecular flexibility index (Phi) is 8.25. The normalized spacial score (nSPS) is 17.2. The van der Waals surface area contributed by atoms with E-state index in [0.29, 0.717) is 44.8 Å². The maximum Gasteiger partial charge on any atom is 0.416 e. The molecule has 1 aromatic rings. The number of likely N-dealkylation sites (N-methyl/N-ethyl adjacent to an activating group) is 1. The van der Waals surface area contributed by atoms with Crippen molar-refractivity contribution < 1.29 is 27.5 Å². The second kappa shape index (κ2) is 10.3. The third-order valence-corrected chi connectivity index (χ3v) is 5.55. The number of hydrogen-bond acceptors (Lipinski definition) is 4. The van der Waals surface area contributed by atoms with Crippen LogP contribution in [0, 0.1) is 0 Å². The zero-order valence-corrected chi connectivity index (χ0v) is 17.9. The van der Waals surface area contributed by atoms with Gasteiger partial charge < -0.3 is 14.5 Å². The highest BCUT2D eigenvalue weighted by Crippen LogP contribution is 2.32. The highest BCUT2D eigenvalue weighted by molar-refractivity contribution is 5.84. The zero-order chi connectivity index (χ0) is 22.5. The van der Waals surface area contributed by atoms with E-state index in [1.807, 2.05) is 18.7 Å². The molecule has 0 radical (unpaired) electrons. The molecule has 168 valence electrons. The first-order valence-corrected chi connectivity index (χ1v) is 10.2. The molecule has 0 bridgehead atoms. The Bertz CT molecular complexity index is 730. The van der Waals surface area contributed by atoms with Crippen LogP contribution in [-0.4, -0.2) is 79.0 Å². The topological polar surface area (TPSA) is 53.1 Å². The van der Waals surface area contributed by atoms with Gasteiger partial charge in [0.05, 0.1) is 5.56 Å². The van der Waals surface area contributed by atoms with Gasteiger partial charge in [-0.3, -0.25) is 14.5 Å². The maximum absolute atomic E-state index is 13.4. The van der Waals surface area contributed by atoms with Crippen molar-refractivity contribution in [1.29, 1.82) is 0 Å². The van der Waals surface area contributed by atoms with Gasteiger partial charge in [-0.1, -0.05) is 26.0 Å². The van der Waals surface area contributed by atoms with E-state index in [1.54, 1.807) is 22.8 Å². The summed E-state index contributed by atoms with van der Waals surface area (Å²) in [5.41, 5.74) is -0.445. The van der Waals surface area contributed by atoms with E-state index < -0.39 is 23.9 Å². The highest BCUT2D eigenvalue weighted by Gasteiger charge is 2.36. The molecule has 2 unspecified atom stereocenters. The largest absolute Gasteiger partial charge is 0.416 e. The number of carbonyl (C=O) groups excluding carboxylic acids is 2. The summed E-state index contributed by atoms with van der Waals surface area (Å²) in [5, 5.41) is 0. The summed E-state index contributed by atoms with van der Waals surface area (Å²) < 4.78 is 44.7. The minimum absolute atomic E-state index is 0.136. The Hall–Kier alpha value is -2.13. The molecule has 1 aliphatic rings. The van der Waals surface area contributed by atoms with Crippen molar-refractivity contribution in [3.05, 3.63) is 35.4 Å². The predicted octanol–water partition coefficient (Wildman–Crippen LogP) is 2.79. The number of nitrogens with zero attached hydrogens (tertiary/aromatic N) is 3. The second-order valence-corrected chi connectivity index (χ2v) is 7.28. The molecule has 1 saturated heterocycles. The van der Waals surface area contributed by atoms with Gasteiger partial charge in [0.25, 0.3) is 5.91 Å². The molecule has 0 saturated carbocycles. The average molecular weight is 429 g/mol. The first-order valence-electron chi connectivity index (χ1n) is 10.2. The molecule has 0 aliphatic carbocycles. The van der Waals surface area contributed by atoms with Gasteiger partial charge >= 0.3 is 6.18 Å². The van der Waals surface area contributed by atoms with Gasteiger partial charge in [-0.25, -0.2) is 0 Å². The number of piperazine rings is 1. The third-order valence-electron chi connectivity index (χ3n) is 5.55. The molecule has 9 heteroatoms. The molecule has 2 rings (SSSR count). The highest BCUT2D eigenvalue weighted by atomic mass is 19.4. The van der Waals surface area contributed by atoms with Crippen molar-refractivity contribution >= 4 is 11.8 Å². The summed E-state index contributed by atoms with van der Waals surface area (Å²) in [6.07, 6.45) is -5.03. The van der Waals surface area contributed by atoms with Crippen LogP contribution in [-0.2, 0) is 20.5 Å². The molecular formula is C21H30F3N3O3. The minimum Gasteiger partial charge on any atom is -0.372 e. The van der Waals surface area contributed by atoms with Crippen LogP contribution >= 0.6 is 0 Å². The Morgan fingerprint density at radius 1 is 1.07 bits per heavy atom. The number of amides is 2. The molecule has 1 aliphatic heterocycles. The quantitative estimate of drug-likeness (QED) is 0.669. The van der Waals surface area contributed by atoms with Crippen molar-refractivity contribution in [1.82, 2.24) is 14.7 Å². The van der Waals surface area contributed by atoms with Gasteiger partial charge in [-0.2, -0.15) is 13.2 Å². The molecule has 0 N–H and O–H groups in total. The van der Waals surface area contributed by atoms with Gasteiger partial charge in [0.1, 0.15) is 12.1 Å². The van der Waals surface area contributed by atoms with Gasteiger partial charge in [-0.05, 0) is 37.7 Å². The predicted molar refractivity (Wildman–Crippen MR) is 107 cm³/mol. The summed E-state index contributed by atoms with van der Waals surface area (Å²) in [6, 6.07) is 4.17. The van der Waals surface area contributed by atoms with E-state index in [4.69, 9.17) is 4.74 Å². The Morgan fingerprint density at radius 3 is 2.07 bits per heavy atom. The maximum atomic E-state index is 13.4. The van der Waals surface area contributed by atoms with E-state index in [9.17, 15) is 22.8 Å².